The molecule has 1 aromatic heterocycles. The van der Waals surface area contributed by atoms with E-state index >= 15 is 0 Å². The summed E-state index contributed by atoms with van der Waals surface area (Å²) in [5, 5.41) is 9.01. The van der Waals surface area contributed by atoms with Gasteiger partial charge in [0.2, 0.25) is 0 Å². The van der Waals surface area contributed by atoms with Crippen LogP contribution in [0.5, 0.6) is 5.75 Å². The molecular weight excluding hydrogens is 312 g/mol. The molecule has 2 unspecified atom stereocenters. The average Bonchev–Trinajstić information content (AvgIpc) is 2.77. The quantitative estimate of drug-likeness (QED) is 0.859. The van der Waals surface area contributed by atoms with Crippen molar-refractivity contribution in [2.45, 2.75) is 37.8 Å². The molecule has 3 heterocycles. The van der Waals surface area contributed by atoms with Crippen LogP contribution >= 0.6 is 0 Å². The van der Waals surface area contributed by atoms with Gasteiger partial charge in [-0.2, -0.15) is 0 Å². The molecule has 0 spiro atoms. The lowest BCUT2D eigenvalue weighted by molar-refractivity contribution is 0.149. The first-order valence-electron chi connectivity index (χ1n) is 9.19. The zero-order valence-electron chi connectivity index (χ0n) is 15.1. The Hall–Kier alpha value is -2.14. The van der Waals surface area contributed by atoms with Gasteiger partial charge in [-0.05, 0) is 44.2 Å². The van der Waals surface area contributed by atoms with Crippen LogP contribution in [-0.2, 0) is 0 Å². The summed E-state index contributed by atoms with van der Waals surface area (Å²) < 4.78 is 5.30. The third-order valence-corrected chi connectivity index (χ3v) is 5.68. The molecule has 0 N–H and O–H groups in total. The summed E-state index contributed by atoms with van der Waals surface area (Å²) in [6, 6.07) is 13.4. The highest BCUT2D eigenvalue weighted by Gasteiger charge is 2.33. The second kappa shape index (κ2) is 7.00. The number of methoxy groups -OCH3 is 1. The normalized spacial score (nSPS) is 24.0. The van der Waals surface area contributed by atoms with E-state index in [1.807, 2.05) is 24.3 Å². The Kier molecular flexibility index (Phi) is 4.57. The third-order valence-electron chi connectivity index (χ3n) is 5.68. The van der Waals surface area contributed by atoms with Gasteiger partial charge in [-0.15, -0.1) is 10.2 Å². The first-order chi connectivity index (χ1) is 12.2. The third kappa shape index (κ3) is 3.33. The van der Waals surface area contributed by atoms with Gasteiger partial charge in [-0.3, -0.25) is 4.90 Å². The van der Waals surface area contributed by atoms with E-state index < -0.39 is 0 Å². The summed E-state index contributed by atoms with van der Waals surface area (Å²) in [6.07, 6.45) is 5.28. The van der Waals surface area contributed by atoms with E-state index in [1.165, 1.54) is 25.7 Å². The highest BCUT2D eigenvalue weighted by Crippen LogP contribution is 2.29. The zero-order valence-corrected chi connectivity index (χ0v) is 15.1. The van der Waals surface area contributed by atoms with Crippen molar-refractivity contribution in [1.82, 2.24) is 15.1 Å². The molecule has 2 aliphatic rings. The number of ether oxygens (including phenoxy) is 1. The smallest absolute Gasteiger partial charge is 0.151 e. The van der Waals surface area contributed by atoms with Crippen LogP contribution in [0, 0.1) is 0 Å². The molecule has 2 bridgehead atoms. The van der Waals surface area contributed by atoms with Gasteiger partial charge < -0.3 is 9.64 Å². The fraction of sp³-hybridized carbons (Fsp3) is 0.500. The lowest BCUT2D eigenvalue weighted by atomic mass is 10.1. The molecule has 2 fully saturated rings. The topological polar surface area (TPSA) is 41.5 Å². The number of benzene rings is 1. The number of likely N-dealkylation sites (N-methyl/N-ethyl adjacent to an activating group) is 1. The van der Waals surface area contributed by atoms with Crippen molar-refractivity contribution in [3.63, 3.8) is 0 Å². The van der Waals surface area contributed by atoms with Gasteiger partial charge in [0.1, 0.15) is 5.75 Å². The van der Waals surface area contributed by atoms with E-state index in [2.05, 4.69) is 39.2 Å². The van der Waals surface area contributed by atoms with Crippen LogP contribution < -0.4 is 9.64 Å². The van der Waals surface area contributed by atoms with E-state index in [0.29, 0.717) is 12.1 Å². The van der Waals surface area contributed by atoms with E-state index in [9.17, 15) is 0 Å². The SMILES string of the molecule is COc1cccc(-c2ccc(N3CC4CCCCC(C3)N4C)nn2)c1. The highest BCUT2D eigenvalue weighted by atomic mass is 16.5. The molecule has 2 atom stereocenters. The Bertz CT molecular complexity index is 702. The molecule has 2 aliphatic heterocycles. The van der Waals surface area contributed by atoms with Gasteiger partial charge in [0.25, 0.3) is 0 Å². The van der Waals surface area contributed by atoms with Crippen LogP contribution in [0.4, 0.5) is 5.82 Å². The first-order valence-corrected chi connectivity index (χ1v) is 9.19. The van der Waals surface area contributed by atoms with Gasteiger partial charge in [0, 0.05) is 30.7 Å². The number of piperazine rings is 1. The lowest BCUT2D eigenvalue weighted by Crippen LogP contribution is -2.56. The number of rotatable bonds is 3. The Morgan fingerprint density at radius 2 is 1.76 bits per heavy atom. The fourth-order valence-electron chi connectivity index (χ4n) is 4.11. The molecule has 1 aromatic carbocycles. The minimum Gasteiger partial charge on any atom is -0.497 e. The van der Waals surface area contributed by atoms with E-state index in [0.717, 1.165) is 35.9 Å². The summed E-state index contributed by atoms with van der Waals surface area (Å²) in [6.45, 7) is 2.11. The Morgan fingerprint density at radius 3 is 2.40 bits per heavy atom. The van der Waals surface area contributed by atoms with E-state index in [1.54, 1.807) is 7.11 Å². The summed E-state index contributed by atoms with van der Waals surface area (Å²) >= 11 is 0. The largest absolute Gasteiger partial charge is 0.497 e. The number of nitrogens with zero attached hydrogens (tertiary/aromatic N) is 4. The number of aromatic nitrogens is 2. The molecular formula is C20H26N4O. The van der Waals surface area contributed by atoms with Gasteiger partial charge in [0.05, 0.1) is 12.8 Å². The predicted molar refractivity (Wildman–Crippen MR) is 100 cm³/mol. The van der Waals surface area contributed by atoms with Gasteiger partial charge in [0.15, 0.2) is 5.82 Å². The van der Waals surface area contributed by atoms with Crippen molar-refractivity contribution in [3.05, 3.63) is 36.4 Å². The number of hydrogen-bond acceptors (Lipinski definition) is 5. The summed E-state index contributed by atoms with van der Waals surface area (Å²) in [5.41, 5.74) is 1.92. The molecule has 2 saturated heterocycles. The fourth-order valence-corrected chi connectivity index (χ4v) is 4.11. The minimum absolute atomic E-state index is 0.640. The van der Waals surface area contributed by atoms with Crippen LogP contribution in [0.2, 0.25) is 0 Å². The molecule has 5 nitrogen and oxygen atoms in total. The van der Waals surface area contributed by atoms with E-state index in [4.69, 9.17) is 4.74 Å². The number of hydrogen-bond donors (Lipinski definition) is 0. The van der Waals surface area contributed by atoms with Crippen molar-refractivity contribution in [1.29, 1.82) is 0 Å². The maximum Gasteiger partial charge on any atom is 0.151 e. The molecule has 132 valence electrons. The molecule has 2 aromatic rings. The van der Waals surface area contributed by atoms with Gasteiger partial charge in [-0.1, -0.05) is 25.0 Å². The second-order valence-electron chi connectivity index (χ2n) is 7.17. The first kappa shape index (κ1) is 16.3. The van der Waals surface area contributed by atoms with Crippen LogP contribution in [0.3, 0.4) is 0 Å². The monoisotopic (exact) mass is 338 g/mol. The molecule has 0 saturated carbocycles. The Morgan fingerprint density at radius 1 is 1.00 bits per heavy atom. The van der Waals surface area contributed by atoms with Crippen molar-refractivity contribution >= 4 is 5.82 Å². The maximum atomic E-state index is 5.30. The van der Waals surface area contributed by atoms with E-state index in [-0.39, 0.29) is 0 Å². The van der Waals surface area contributed by atoms with Crippen molar-refractivity contribution in [2.24, 2.45) is 0 Å². The Balaban J connectivity index is 1.54. The molecule has 0 radical (unpaired) electrons. The predicted octanol–water partition coefficient (Wildman–Crippen LogP) is 3.22. The minimum atomic E-state index is 0.640. The lowest BCUT2D eigenvalue weighted by Gasteiger charge is -2.44. The van der Waals surface area contributed by atoms with Crippen LogP contribution in [0.25, 0.3) is 11.3 Å². The van der Waals surface area contributed by atoms with Crippen molar-refractivity contribution in [2.75, 3.05) is 32.1 Å². The van der Waals surface area contributed by atoms with Crippen molar-refractivity contribution in [3.8, 4) is 17.0 Å². The van der Waals surface area contributed by atoms with Crippen LogP contribution in [0.15, 0.2) is 36.4 Å². The summed E-state index contributed by atoms with van der Waals surface area (Å²) in [4.78, 5) is 5.00. The summed E-state index contributed by atoms with van der Waals surface area (Å²) in [5.74, 6) is 1.84. The van der Waals surface area contributed by atoms with Crippen LogP contribution in [-0.4, -0.2) is 54.4 Å². The standard InChI is InChI=1S/C20H26N4O/c1-23-16-7-3-4-8-17(23)14-24(13-16)20-11-10-19(21-22-20)15-6-5-9-18(12-15)25-2/h5-6,9-12,16-17H,3-4,7-8,13-14H2,1-2H3. The van der Waals surface area contributed by atoms with Gasteiger partial charge >= 0.3 is 0 Å². The van der Waals surface area contributed by atoms with Gasteiger partial charge in [-0.25, -0.2) is 0 Å². The molecule has 4 rings (SSSR count). The second-order valence-corrected chi connectivity index (χ2v) is 7.17. The Labute approximate surface area is 149 Å². The highest BCUT2D eigenvalue weighted by molar-refractivity contribution is 5.61. The van der Waals surface area contributed by atoms with Crippen molar-refractivity contribution < 1.29 is 4.74 Å². The maximum absolute atomic E-state index is 5.30. The molecule has 0 amide bonds. The summed E-state index contributed by atoms with van der Waals surface area (Å²) in [7, 11) is 3.97. The molecule has 25 heavy (non-hydrogen) atoms. The zero-order chi connectivity index (χ0) is 17.2. The average molecular weight is 338 g/mol. The molecule has 5 heteroatoms. The molecule has 0 aliphatic carbocycles. The number of anilines is 1. The van der Waals surface area contributed by atoms with Crippen LogP contribution in [0.1, 0.15) is 25.7 Å². The number of fused-ring (bicyclic) bond motifs is 2.